The van der Waals surface area contributed by atoms with Gasteiger partial charge in [0, 0.05) is 17.6 Å². The van der Waals surface area contributed by atoms with E-state index in [1.165, 1.54) is 0 Å². The third-order valence-electron chi connectivity index (χ3n) is 2.67. The van der Waals surface area contributed by atoms with E-state index in [0.717, 1.165) is 4.47 Å². The van der Waals surface area contributed by atoms with Gasteiger partial charge >= 0.3 is 0 Å². The van der Waals surface area contributed by atoms with Gasteiger partial charge < -0.3 is 4.74 Å². The molecule has 1 aliphatic heterocycles. The number of halogens is 2. The maximum atomic E-state index is 12.1. The van der Waals surface area contributed by atoms with Gasteiger partial charge in [0.25, 0.3) is 5.91 Å². The van der Waals surface area contributed by atoms with E-state index < -0.39 is 0 Å². The quantitative estimate of drug-likeness (QED) is 0.771. The molecule has 108 valence electrons. The van der Waals surface area contributed by atoms with Crippen LogP contribution in [0.15, 0.2) is 22.7 Å². The van der Waals surface area contributed by atoms with Gasteiger partial charge in [0.1, 0.15) is 0 Å². The molecule has 0 aliphatic carbocycles. The van der Waals surface area contributed by atoms with Crippen molar-refractivity contribution in [1.29, 1.82) is 0 Å². The predicted octanol–water partition coefficient (Wildman–Crippen LogP) is 1.95. The Hall–Kier alpha value is -0.730. The smallest absolute Gasteiger partial charge is 0.258 e. The Labute approximate surface area is 135 Å². The third kappa shape index (κ3) is 4.39. The van der Waals surface area contributed by atoms with E-state index in [0.29, 0.717) is 36.9 Å². The highest BCUT2D eigenvalue weighted by molar-refractivity contribution is 9.10. The number of hydrogen-bond acceptors (Lipinski definition) is 4. The minimum Gasteiger partial charge on any atom is -0.379 e. The highest BCUT2D eigenvalue weighted by Crippen LogP contribution is 2.20. The zero-order valence-corrected chi connectivity index (χ0v) is 13.6. The number of thiocarbonyl (C=S) groups is 1. The van der Waals surface area contributed by atoms with Crippen molar-refractivity contribution in [2.24, 2.45) is 0 Å². The SMILES string of the molecule is O=C(NC(=S)NN1CCOCC1)c1cc(Br)ccc1Cl. The van der Waals surface area contributed by atoms with Gasteiger partial charge in [-0.3, -0.25) is 15.5 Å². The van der Waals surface area contributed by atoms with Crippen molar-refractivity contribution in [3.05, 3.63) is 33.3 Å². The van der Waals surface area contributed by atoms with Crippen LogP contribution in [-0.2, 0) is 4.74 Å². The van der Waals surface area contributed by atoms with E-state index >= 15 is 0 Å². The zero-order valence-electron chi connectivity index (χ0n) is 10.5. The molecule has 8 heteroatoms. The number of carbonyl (C=O) groups excluding carboxylic acids is 1. The fourth-order valence-corrected chi connectivity index (χ4v) is 2.47. The third-order valence-corrected chi connectivity index (χ3v) is 3.69. The van der Waals surface area contributed by atoms with Gasteiger partial charge in [-0.1, -0.05) is 27.5 Å². The summed E-state index contributed by atoms with van der Waals surface area (Å²) in [4.78, 5) is 12.1. The van der Waals surface area contributed by atoms with Crippen LogP contribution in [0.25, 0.3) is 0 Å². The Bertz CT molecular complexity index is 523. The van der Waals surface area contributed by atoms with Gasteiger partial charge in [-0.25, -0.2) is 5.01 Å². The van der Waals surface area contributed by atoms with Crippen LogP contribution in [0.4, 0.5) is 0 Å². The Morgan fingerprint density at radius 3 is 2.80 bits per heavy atom. The summed E-state index contributed by atoms with van der Waals surface area (Å²) in [6.07, 6.45) is 0. The summed E-state index contributed by atoms with van der Waals surface area (Å²) < 4.78 is 6.00. The molecule has 1 aromatic carbocycles. The summed E-state index contributed by atoms with van der Waals surface area (Å²) in [6, 6.07) is 5.07. The maximum absolute atomic E-state index is 12.1. The van der Waals surface area contributed by atoms with E-state index in [1.807, 2.05) is 5.01 Å². The number of benzene rings is 1. The van der Waals surface area contributed by atoms with Gasteiger partial charge in [0.15, 0.2) is 5.11 Å². The summed E-state index contributed by atoms with van der Waals surface area (Å²) in [7, 11) is 0. The first-order valence-corrected chi connectivity index (χ1v) is 7.54. The molecule has 5 nitrogen and oxygen atoms in total. The number of nitrogens with one attached hydrogen (secondary N) is 2. The fourth-order valence-electron chi connectivity index (χ4n) is 1.69. The number of ether oxygens (including phenoxy) is 1. The first-order valence-electron chi connectivity index (χ1n) is 5.96. The molecular formula is C12H13BrClN3O2S. The molecule has 0 saturated carbocycles. The summed E-state index contributed by atoms with van der Waals surface area (Å²) in [5.41, 5.74) is 3.32. The van der Waals surface area contributed by atoms with Crippen LogP contribution in [0.2, 0.25) is 5.02 Å². The van der Waals surface area contributed by atoms with E-state index in [1.54, 1.807) is 18.2 Å². The van der Waals surface area contributed by atoms with Gasteiger partial charge in [-0.05, 0) is 30.4 Å². The number of hydrazine groups is 1. The molecule has 1 aromatic rings. The molecule has 0 radical (unpaired) electrons. The van der Waals surface area contributed by atoms with Crippen molar-refractivity contribution in [3.63, 3.8) is 0 Å². The first-order chi connectivity index (χ1) is 9.56. The molecule has 0 spiro atoms. The molecule has 2 N–H and O–H groups in total. The van der Waals surface area contributed by atoms with E-state index in [2.05, 4.69) is 26.7 Å². The summed E-state index contributed by atoms with van der Waals surface area (Å²) in [5.74, 6) is -0.345. The van der Waals surface area contributed by atoms with Gasteiger partial charge in [0.2, 0.25) is 0 Å². The summed E-state index contributed by atoms with van der Waals surface area (Å²) in [5, 5.41) is 5.12. The molecule has 0 unspecified atom stereocenters. The molecular weight excluding hydrogens is 366 g/mol. The van der Waals surface area contributed by atoms with Crippen molar-refractivity contribution in [1.82, 2.24) is 15.8 Å². The van der Waals surface area contributed by atoms with Gasteiger partial charge in [0.05, 0.1) is 23.8 Å². The van der Waals surface area contributed by atoms with Crippen LogP contribution in [0.1, 0.15) is 10.4 Å². The summed E-state index contributed by atoms with van der Waals surface area (Å²) in [6.45, 7) is 2.71. The lowest BCUT2D eigenvalue weighted by molar-refractivity contribution is 0.0247. The Balaban J connectivity index is 1.93. The normalized spacial score (nSPS) is 15.7. The average Bonchev–Trinajstić information content (AvgIpc) is 2.42. The lowest BCUT2D eigenvalue weighted by Gasteiger charge is -2.28. The molecule has 0 aromatic heterocycles. The Morgan fingerprint density at radius 2 is 2.10 bits per heavy atom. The lowest BCUT2D eigenvalue weighted by Crippen LogP contribution is -2.52. The second kappa shape index (κ2) is 7.33. The molecule has 1 fully saturated rings. The summed E-state index contributed by atoms with van der Waals surface area (Å²) >= 11 is 14.4. The maximum Gasteiger partial charge on any atom is 0.258 e. The highest BCUT2D eigenvalue weighted by atomic mass is 79.9. The van der Waals surface area contributed by atoms with Crippen LogP contribution in [0, 0.1) is 0 Å². The number of hydrogen-bond donors (Lipinski definition) is 2. The molecule has 0 atom stereocenters. The van der Waals surface area contributed by atoms with Crippen molar-refractivity contribution in [2.45, 2.75) is 0 Å². The Kier molecular flexibility index (Phi) is 5.74. The minimum atomic E-state index is -0.345. The fraction of sp³-hybridized carbons (Fsp3) is 0.333. The standard InChI is InChI=1S/C12H13BrClN3O2S/c13-8-1-2-10(14)9(7-8)11(18)15-12(20)16-17-3-5-19-6-4-17/h1-2,7H,3-6H2,(H2,15,16,18,20). The molecule has 0 bridgehead atoms. The van der Waals surface area contributed by atoms with Crippen LogP contribution in [0.3, 0.4) is 0 Å². The molecule has 1 heterocycles. The van der Waals surface area contributed by atoms with E-state index in [4.69, 9.17) is 28.6 Å². The van der Waals surface area contributed by atoms with Crippen LogP contribution < -0.4 is 10.7 Å². The highest BCUT2D eigenvalue weighted by Gasteiger charge is 2.15. The van der Waals surface area contributed by atoms with Crippen LogP contribution >= 0.6 is 39.7 Å². The number of nitrogens with zero attached hydrogens (tertiary/aromatic N) is 1. The average molecular weight is 379 g/mol. The predicted molar refractivity (Wildman–Crippen MR) is 84.7 cm³/mol. The van der Waals surface area contributed by atoms with Crippen molar-refractivity contribution in [3.8, 4) is 0 Å². The molecule has 20 heavy (non-hydrogen) atoms. The topological polar surface area (TPSA) is 53.6 Å². The number of rotatable bonds is 2. The lowest BCUT2D eigenvalue weighted by atomic mass is 10.2. The van der Waals surface area contributed by atoms with Gasteiger partial charge in [-0.15, -0.1) is 0 Å². The molecule has 1 amide bonds. The van der Waals surface area contributed by atoms with Crippen LogP contribution in [-0.4, -0.2) is 42.3 Å². The molecule has 1 aliphatic rings. The number of morpholine rings is 1. The second-order valence-corrected chi connectivity index (χ2v) is 5.85. The van der Waals surface area contributed by atoms with E-state index in [-0.39, 0.29) is 11.0 Å². The first kappa shape index (κ1) is 15.7. The molecule has 2 rings (SSSR count). The molecule has 1 saturated heterocycles. The van der Waals surface area contributed by atoms with Crippen molar-refractivity contribution >= 4 is 50.8 Å². The zero-order chi connectivity index (χ0) is 14.5. The second-order valence-electron chi connectivity index (χ2n) is 4.12. The van der Waals surface area contributed by atoms with Crippen molar-refractivity contribution in [2.75, 3.05) is 26.3 Å². The number of carbonyl (C=O) groups is 1. The monoisotopic (exact) mass is 377 g/mol. The Morgan fingerprint density at radius 1 is 1.40 bits per heavy atom. The van der Waals surface area contributed by atoms with E-state index in [9.17, 15) is 4.79 Å². The van der Waals surface area contributed by atoms with Gasteiger partial charge in [-0.2, -0.15) is 0 Å². The number of amides is 1. The van der Waals surface area contributed by atoms with Crippen LogP contribution in [0.5, 0.6) is 0 Å². The largest absolute Gasteiger partial charge is 0.379 e. The minimum absolute atomic E-state index is 0.243. The van der Waals surface area contributed by atoms with Crippen molar-refractivity contribution < 1.29 is 9.53 Å².